The fourth-order valence-corrected chi connectivity index (χ4v) is 3.69. The van der Waals surface area contributed by atoms with E-state index in [-0.39, 0.29) is 19.4 Å². The third-order valence-electron chi connectivity index (χ3n) is 4.98. The van der Waals surface area contributed by atoms with Gasteiger partial charge in [-0.3, -0.25) is 14.4 Å². The zero-order valence-corrected chi connectivity index (χ0v) is 19.0. The highest BCUT2D eigenvalue weighted by Gasteiger charge is 2.29. The van der Waals surface area contributed by atoms with E-state index >= 15 is 0 Å². The quantitative estimate of drug-likeness (QED) is 0.190. The Kier molecular flexibility index (Phi) is 10.2. The molecule has 0 fully saturated rings. The number of carbonyl (C=O) groups is 4. The molecular formula is C21H29N5O6S. The number of carboxylic acid groups (broad SMARTS) is 1. The summed E-state index contributed by atoms with van der Waals surface area (Å²) in [5, 5.41) is 26.5. The Labute approximate surface area is 194 Å². The van der Waals surface area contributed by atoms with Crippen LogP contribution in [0.3, 0.4) is 0 Å². The summed E-state index contributed by atoms with van der Waals surface area (Å²) in [7, 11) is 0. The van der Waals surface area contributed by atoms with Gasteiger partial charge in [-0.2, -0.15) is 11.8 Å². The maximum Gasteiger partial charge on any atom is 0.328 e. The third-order valence-corrected chi connectivity index (χ3v) is 5.62. The Morgan fingerprint density at radius 1 is 1.06 bits per heavy atom. The predicted octanol–water partition coefficient (Wildman–Crippen LogP) is -1.05. The topological polar surface area (TPSA) is 187 Å². The van der Waals surface area contributed by atoms with Gasteiger partial charge in [0.2, 0.25) is 17.7 Å². The van der Waals surface area contributed by atoms with Crippen molar-refractivity contribution in [1.29, 1.82) is 0 Å². The number of aromatic nitrogens is 1. The molecule has 11 nitrogen and oxygen atoms in total. The SMILES string of the molecule is CSCCC(NC(=O)C(Cc1c[nH]c2ccccc12)NC(=O)CN)C(=O)NC(CO)C(=O)O. The Balaban J connectivity index is 2.21. The number of H-pyrrole nitrogens is 1. The molecule has 3 atom stereocenters. The van der Waals surface area contributed by atoms with Crippen molar-refractivity contribution in [1.82, 2.24) is 20.9 Å². The molecule has 3 amide bonds. The average Bonchev–Trinajstić information content (AvgIpc) is 3.21. The van der Waals surface area contributed by atoms with Crippen LogP contribution < -0.4 is 21.7 Å². The summed E-state index contributed by atoms with van der Waals surface area (Å²) in [5.74, 6) is -2.77. The van der Waals surface area contributed by atoms with E-state index in [0.717, 1.165) is 16.5 Å². The molecule has 0 radical (unpaired) electrons. The van der Waals surface area contributed by atoms with E-state index in [1.54, 1.807) is 6.20 Å². The molecule has 1 aromatic carbocycles. The number of aliphatic hydroxyl groups excluding tert-OH is 1. The van der Waals surface area contributed by atoms with Crippen LogP contribution in [0.25, 0.3) is 10.9 Å². The molecule has 0 aliphatic carbocycles. The van der Waals surface area contributed by atoms with Crippen molar-refractivity contribution in [2.45, 2.75) is 31.0 Å². The molecule has 0 spiro atoms. The molecule has 0 aliphatic rings. The highest BCUT2D eigenvalue weighted by molar-refractivity contribution is 7.98. The van der Waals surface area contributed by atoms with Crippen LogP contribution in [0.5, 0.6) is 0 Å². The van der Waals surface area contributed by atoms with Gasteiger partial charge in [0.15, 0.2) is 0 Å². The van der Waals surface area contributed by atoms with Crippen molar-refractivity contribution in [2.75, 3.05) is 25.2 Å². The molecule has 180 valence electrons. The number of carboxylic acids is 1. The summed E-state index contributed by atoms with van der Waals surface area (Å²) in [6, 6.07) is 3.93. The molecule has 0 saturated heterocycles. The van der Waals surface area contributed by atoms with Gasteiger partial charge >= 0.3 is 5.97 Å². The van der Waals surface area contributed by atoms with Crippen LogP contribution in [0.15, 0.2) is 30.5 Å². The van der Waals surface area contributed by atoms with E-state index in [9.17, 15) is 24.3 Å². The third kappa shape index (κ3) is 7.48. The molecule has 0 aliphatic heterocycles. The van der Waals surface area contributed by atoms with Crippen LogP contribution in [0.1, 0.15) is 12.0 Å². The number of aromatic amines is 1. The molecule has 12 heteroatoms. The number of carbonyl (C=O) groups excluding carboxylic acids is 3. The summed E-state index contributed by atoms with van der Waals surface area (Å²) in [5.41, 5.74) is 7.07. The molecule has 0 bridgehead atoms. The number of benzene rings is 1. The zero-order chi connectivity index (χ0) is 24.4. The summed E-state index contributed by atoms with van der Waals surface area (Å²) >= 11 is 1.45. The Morgan fingerprint density at radius 2 is 1.73 bits per heavy atom. The first-order chi connectivity index (χ1) is 15.8. The molecule has 2 rings (SSSR count). The van der Waals surface area contributed by atoms with Crippen molar-refractivity contribution >= 4 is 46.4 Å². The molecule has 1 heterocycles. The molecule has 33 heavy (non-hydrogen) atoms. The van der Waals surface area contributed by atoms with Crippen molar-refractivity contribution in [2.24, 2.45) is 5.73 Å². The first-order valence-electron chi connectivity index (χ1n) is 10.3. The summed E-state index contributed by atoms with van der Waals surface area (Å²) in [6.45, 7) is -1.11. The maximum atomic E-state index is 13.1. The van der Waals surface area contributed by atoms with Crippen LogP contribution in [0, 0.1) is 0 Å². The highest BCUT2D eigenvalue weighted by atomic mass is 32.2. The number of aliphatic hydroxyl groups is 1. The average molecular weight is 480 g/mol. The van der Waals surface area contributed by atoms with Gasteiger partial charge in [0.25, 0.3) is 0 Å². The number of amides is 3. The van der Waals surface area contributed by atoms with Gasteiger partial charge in [-0.05, 0) is 30.1 Å². The van der Waals surface area contributed by atoms with Crippen molar-refractivity contribution in [3.05, 3.63) is 36.0 Å². The lowest BCUT2D eigenvalue weighted by Gasteiger charge is -2.24. The van der Waals surface area contributed by atoms with Crippen LogP contribution >= 0.6 is 11.8 Å². The van der Waals surface area contributed by atoms with Gasteiger partial charge in [0, 0.05) is 23.5 Å². The minimum atomic E-state index is -1.50. The number of nitrogens with one attached hydrogen (secondary N) is 4. The number of thioether (sulfide) groups is 1. The van der Waals surface area contributed by atoms with E-state index < -0.39 is 48.4 Å². The van der Waals surface area contributed by atoms with Crippen molar-refractivity contribution in [3.63, 3.8) is 0 Å². The summed E-state index contributed by atoms with van der Waals surface area (Å²) in [4.78, 5) is 51.9. The van der Waals surface area contributed by atoms with Crippen molar-refractivity contribution < 1.29 is 29.4 Å². The van der Waals surface area contributed by atoms with E-state index in [1.165, 1.54) is 11.8 Å². The minimum absolute atomic E-state index is 0.146. The lowest BCUT2D eigenvalue weighted by atomic mass is 10.0. The molecule has 8 N–H and O–H groups in total. The summed E-state index contributed by atoms with van der Waals surface area (Å²) in [6.07, 6.45) is 3.94. The zero-order valence-electron chi connectivity index (χ0n) is 18.2. The van der Waals surface area contributed by atoms with Crippen LogP contribution in [-0.4, -0.2) is 82.2 Å². The van der Waals surface area contributed by atoms with Gasteiger partial charge in [0.05, 0.1) is 13.2 Å². The number of aliphatic carboxylic acids is 1. The van der Waals surface area contributed by atoms with Gasteiger partial charge in [0.1, 0.15) is 18.1 Å². The van der Waals surface area contributed by atoms with Crippen LogP contribution in [-0.2, 0) is 25.6 Å². The second-order valence-electron chi connectivity index (χ2n) is 7.31. The van der Waals surface area contributed by atoms with Gasteiger partial charge < -0.3 is 36.9 Å². The van der Waals surface area contributed by atoms with Crippen molar-refractivity contribution in [3.8, 4) is 0 Å². The Morgan fingerprint density at radius 3 is 2.36 bits per heavy atom. The molecule has 1 aromatic heterocycles. The second kappa shape index (κ2) is 12.8. The largest absolute Gasteiger partial charge is 0.480 e. The lowest BCUT2D eigenvalue weighted by molar-refractivity contribution is -0.143. The van der Waals surface area contributed by atoms with Crippen LogP contribution in [0.2, 0.25) is 0 Å². The first-order valence-corrected chi connectivity index (χ1v) is 11.7. The molecule has 2 aromatic rings. The maximum absolute atomic E-state index is 13.1. The number of rotatable bonds is 13. The number of hydrogen-bond donors (Lipinski definition) is 7. The van der Waals surface area contributed by atoms with Gasteiger partial charge in [-0.25, -0.2) is 4.79 Å². The fourth-order valence-electron chi connectivity index (χ4n) is 3.22. The number of fused-ring (bicyclic) bond motifs is 1. The number of para-hydroxylation sites is 1. The monoisotopic (exact) mass is 479 g/mol. The molecular weight excluding hydrogens is 450 g/mol. The molecule has 0 saturated carbocycles. The van der Waals surface area contributed by atoms with Gasteiger partial charge in [-0.15, -0.1) is 0 Å². The first kappa shape index (κ1) is 26.2. The van der Waals surface area contributed by atoms with E-state index in [1.807, 2.05) is 30.5 Å². The number of hydrogen-bond acceptors (Lipinski definition) is 7. The highest BCUT2D eigenvalue weighted by Crippen LogP contribution is 2.19. The van der Waals surface area contributed by atoms with E-state index in [0.29, 0.717) is 5.75 Å². The Bertz CT molecular complexity index is 981. The standard InChI is InChI=1S/C21H29N5O6S/c1-33-7-6-15(19(29)26-17(11-27)21(31)32)25-20(30)16(24-18(28)9-22)8-12-10-23-14-5-3-2-4-13(12)14/h2-5,10,15-17,23,27H,6-9,11,22H2,1H3,(H,24,28)(H,25,30)(H,26,29)(H,31,32). The van der Waals surface area contributed by atoms with Crippen LogP contribution in [0.4, 0.5) is 0 Å². The van der Waals surface area contributed by atoms with E-state index in [4.69, 9.17) is 10.8 Å². The normalized spacial score (nSPS) is 13.7. The van der Waals surface area contributed by atoms with Gasteiger partial charge in [-0.1, -0.05) is 18.2 Å². The smallest absolute Gasteiger partial charge is 0.328 e. The summed E-state index contributed by atoms with van der Waals surface area (Å²) < 4.78 is 0. The number of nitrogens with two attached hydrogens (primary N) is 1. The lowest BCUT2D eigenvalue weighted by Crippen LogP contribution is -2.57. The van der Waals surface area contributed by atoms with E-state index in [2.05, 4.69) is 20.9 Å². The second-order valence-corrected chi connectivity index (χ2v) is 8.30. The predicted molar refractivity (Wildman–Crippen MR) is 125 cm³/mol. The Hall–Kier alpha value is -3.09. The molecule has 3 unspecified atom stereocenters. The minimum Gasteiger partial charge on any atom is -0.480 e. The fraction of sp³-hybridized carbons (Fsp3) is 0.429.